The maximum absolute atomic E-state index is 11.0. The highest BCUT2D eigenvalue weighted by atomic mass is 35.5. The highest BCUT2D eigenvalue weighted by Crippen LogP contribution is 2.22. The summed E-state index contributed by atoms with van der Waals surface area (Å²) in [6.45, 7) is 1.99. The van der Waals surface area contributed by atoms with Crippen LogP contribution in [0.4, 0.5) is 16.2 Å². The third kappa shape index (κ3) is 10.2. The second kappa shape index (κ2) is 12.4. The lowest BCUT2D eigenvalue weighted by molar-refractivity contribution is 0.203. The molecule has 0 aliphatic rings. The van der Waals surface area contributed by atoms with Gasteiger partial charge in [0.25, 0.3) is 0 Å². The predicted molar refractivity (Wildman–Crippen MR) is 121 cm³/mol. The lowest BCUT2D eigenvalue weighted by Crippen LogP contribution is -2.21. The number of ether oxygens (including phenoxy) is 1. The highest BCUT2D eigenvalue weighted by Gasteiger charge is 2.01. The molecule has 1 amide bonds. The van der Waals surface area contributed by atoms with Crippen molar-refractivity contribution < 1.29 is 9.53 Å². The van der Waals surface area contributed by atoms with E-state index < -0.39 is 6.09 Å². The van der Waals surface area contributed by atoms with Crippen LogP contribution in [0.25, 0.3) is 0 Å². The number of benzene rings is 2. The van der Waals surface area contributed by atoms with Crippen molar-refractivity contribution in [3.05, 3.63) is 53.1 Å². The van der Waals surface area contributed by atoms with E-state index in [1.807, 2.05) is 69.2 Å². The van der Waals surface area contributed by atoms with Crippen LogP contribution in [0.5, 0.6) is 5.75 Å². The molecular formula is C21H28ClN5O2. The van der Waals surface area contributed by atoms with Gasteiger partial charge in [-0.05, 0) is 42.8 Å². The second-order valence-corrected chi connectivity index (χ2v) is 6.92. The van der Waals surface area contributed by atoms with Crippen molar-refractivity contribution in [2.75, 3.05) is 35.2 Å². The Labute approximate surface area is 177 Å². The van der Waals surface area contributed by atoms with Gasteiger partial charge in [-0.25, -0.2) is 14.8 Å². The molecule has 2 aromatic carbocycles. The summed E-state index contributed by atoms with van der Waals surface area (Å²) >= 11 is 5.82. The number of nitrogens with zero attached hydrogens (tertiary/aromatic N) is 4. The monoisotopic (exact) mass is 417 g/mol. The Morgan fingerprint density at radius 3 is 2.28 bits per heavy atom. The third-order valence-electron chi connectivity index (χ3n) is 3.26. The Kier molecular flexibility index (Phi) is 10.3. The van der Waals surface area contributed by atoms with Gasteiger partial charge in [-0.2, -0.15) is 0 Å². The molecule has 0 aromatic heterocycles. The number of nitrogens with one attached hydrogen (secondary N) is 1. The summed E-state index contributed by atoms with van der Waals surface area (Å²) in [6, 6.07) is 12.7. The van der Waals surface area contributed by atoms with E-state index in [1.54, 1.807) is 30.9 Å². The minimum atomic E-state index is -0.492. The lowest BCUT2D eigenvalue weighted by atomic mass is 10.2. The van der Waals surface area contributed by atoms with Crippen molar-refractivity contribution in [2.24, 2.45) is 9.98 Å². The molecule has 0 atom stereocenters. The van der Waals surface area contributed by atoms with E-state index in [2.05, 4.69) is 15.3 Å². The van der Waals surface area contributed by atoms with Gasteiger partial charge in [0.05, 0.1) is 24.1 Å². The van der Waals surface area contributed by atoms with Gasteiger partial charge in [0, 0.05) is 46.3 Å². The Morgan fingerprint density at radius 1 is 1.03 bits per heavy atom. The predicted octanol–water partition coefficient (Wildman–Crippen LogP) is 4.50. The SMILES string of the molecule is CNC(=O)Oc1cccc(/N=C\N(C)C)c1.Cc1cc(Cl)ccc1N=CN(C)C. The topological polar surface area (TPSA) is 69.5 Å². The van der Waals surface area contributed by atoms with Crippen LogP contribution in [-0.4, -0.2) is 63.8 Å². The molecule has 2 aromatic rings. The quantitative estimate of drug-likeness (QED) is 0.574. The fourth-order valence-electron chi connectivity index (χ4n) is 1.91. The van der Waals surface area contributed by atoms with Gasteiger partial charge < -0.3 is 19.9 Å². The summed E-state index contributed by atoms with van der Waals surface area (Å²) < 4.78 is 4.97. The molecule has 0 heterocycles. The van der Waals surface area contributed by atoms with Gasteiger partial charge in [0.1, 0.15) is 5.75 Å². The summed E-state index contributed by atoms with van der Waals surface area (Å²) in [5.74, 6) is 0.466. The number of aliphatic imine (C=N–C) groups is 2. The van der Waals surface area contributed by atoms with Crippen LogP contribution in [0.1, 0.15) is 5.56 Å². The molecule has 0 aliphatic heterocycles. The Hall–Kier alpha value is -3.06. The van der Waals surface area contributed by atoms with E-state index in [9.17, 15) is 4.79 Å². The highest BCUT2D eigenvalue weighted by molar-refractivity contribution is 6.30. The molecule has 0 aliphatic carbocycles. The van der Waals surface area contributed by atoms with Crippen LogP contribution in [0.3, 0.4) is 0 Å². The van der Waals surface area contributed by atoms with Gasteiger partial charge in [-0.3, -0.25) is 0 Å². The van der Waals surface area contributed by atoms with E-state index in [0.717, 1.165) is 22.0 Å². The van der Waals surface area contributed by atoms with Gasteiger partial charge in [0.2, 0.25) is 0 Å². The molecule has 0 unspecified atom stereocenters. The third-order valence-corrected chi connectivity index (χ3v) is 3.49. The van der Waals surface area contributed by atoms with E-state index in [-0.39, 0.29) is 0 Å². The Morgan fingerprint density at radius 2 is 1.69 bits per heavy atom. The van der Waals surface area contributed by atoms with Crippen LogP contribution >= 0.6 is 11.6 Å². The molecule has 2 rings (SSSR count). The fraction of sp³-hybridized carbons (Fsp3) is 0.286. The van der Waals surface area contributed by atoms with Crippen molar-refractivity contribution in [1.29, 1.82) is 0 Å². The maximum atomic E-state index is 11.0. The van der Waals surface area contributed by atoms with Gasteiger partial charge in [0.15, 0.2) is 0 Å². The summed E-state index contributed by atoms with van der Waals surface area (Å²) in [5, 5.41) is 3.13. The van der Waals surface area contributed by atoms with Crippen LogP contribution < -0.4 is 10.1 Å². The number of carbonyl (C=O) groups is 1. The average Bonchev–Trinajstić information content (AvgIpc) is 2.66. The largest absolute Gasteiger partial charge is 0.412 e. The van der Waals surface area contributed by atoms with Crippen molar-refractivity contribution in [1.82, 2.24) is 15.1 Å². The molecule has 0 saturated heterocycles. The summed E-state index contributed by atoms with van der Waals surface area (Å²) in [5.41, 5.74) is 2.78. The molecule has 1 N–H and O–H groups in total. The van der Waals surface area contributed by atoms with Crippen molar-refractivity contribution in [2.45, 2.75) is 6.92 Å². The fourth-order valence-corrected chi connectivity index (χ4v) is 2.14. The molecule has 29 heavy (non-hydrogen) atoms. The first-order chi connectivity index (χ1) is 13.7. The number of hydrogen-bond acceptors (Lipinski definition) is 4. The second-order valence-electron chi connectivity index (χ2n) is 6.48. The molecule has 0 radical (unpaired) electrons. The van der Waals surface area contributed by atoms with Gasteiger partial charge >= 0.3 is 6.09 Å². The number of hydrogen-bond donors (Lipinski definition) is 1. The molecule has 0 spiro atoms. The van der Waals surface area contributed by atoms with Crippen molar-refractivity contribution in [3.8, 4) is 5.75 Å². The first kappa shape index (κ1) is 24.0. The smallest absolute Gasteiger partial charge is 0.410 e. The molecule has 7 nitrogen and oxygen atoms in total. The number of rotatable bonds is 5. The van der Waals surface area contributed by atoms with Crippen LogP contribution in [-0.2, 0) is 0 Å². The summed E-state index contributed by atoms with van der Waals surface area (Å²) in [6.07, 6.45) is 2.96. The van der Waals surface area contributed by atoms with Crippen LogP contribution in [0, 0.1) is 6.92 Å². The van der Waals surface area contributed by atoms with E-state index in [0.29, 0.717) is 5.75 Å². The minimum absolute atomic E-state index is 0.466. The number of halogens is 1. The van der Waals surface area contributed by atoms with Crippen LogP contribution in [0.15, 0.2) is 52.4 Å². The zero-order chi connectivity index (χ0) is 21.8. The molecule has 0 bridgehead atoms. The van der Waals surface area contributed by atoms with E-state index in [4.69, 9.17) is 16.3 Å². The zero-order valence-electron chi connectivity index (χ0n) is 17.7. The van der Waals surface area contributed by atoms with Gasteiger partial charge in [-0.1, -0.05) is 17.7 Å². The normalized spacial score (nSPS) is 10.4. The lowest BCUT2D eigenvalue weighted by Gasteiger charge is -2.05. The Balaban J connectivity index is 0.000000296. The Bertz CT molecular complexity index is 851. The van der Waals surface area contributed by atoms with Gasteiger partial charge in [-0.15, -0.1) is 0 Å². The van der Waals surface area contributed by atoms with E-state index >= 15 is 0 Å². The first-order valence-electron chi connectivity index (χ1n) is 8.88. The van der Waals surface area contributed by atoms with E-state index in [1.165, 1.54) is 7.05 Å². The minimum Gasteiger partial charge on any atom is -0.410 e. The summed E-state index contributed by atoms with van der Waals surface area (Å²) in [4.78, 5) is 23.2. The number of aryl methyl sites for hydroxylation is 1. The number of carbonyl (C=O) groups excluding carboxylic acids is 1. The molecule has 8 heteroatoms. The summed E-state index contributed by atoms with van der Waals surface area (Å²) in [7, 11) is 9.16. The maximum Gasteiger partial charge on any atom is 0.412 e. The zero-order valence-corrected chi connectivity index (χ0v) is 18.4. The molecule has 156 valence electrons. The molecule has 0 saturated carbocycles. The van der Waals surface area contributed by atoms with Crippen LogP contribution in [0.2, 0.25) is 5.02 Å². The van der Waals surface area contributed by atoms with Crippen molar-refractivity contribution in [3.63, 3.8) is 0 Å². The first-order valence-corrected chi connectivity index (χ1v) is 9.26. The molecular weight excluding hydrogens is 390 g/mol. The molecule has 0 fully saturated rings. The number of amides is 1. The standard InChI is InChI=1S/C11H15N3O2.C10H13ClN2/c1-12-11(15)16-10-6-4-5-9(7-10)13-8-14(2)3;1-8-6-9(11)4-5-10(8)12-7-13(2)3/h4-8H,1-3H3,(H,12,15);4-7H,1-3H3/b13-8-;. The van der Waals surface area contributed by atoms with Crippen molar-refractivity contribution >= 4 is 41.7 Å². The average molecular weight is 418 g/mol.